The molecule has 1 aliphatic carbocycles. The van der Waals surface area contributed by atoms with E-state index in [4.69, 9.17) is 10.5 Å². The van der Waals surface area contributed by atoms with Crippen LogP contribution in [-0.2, 0) is 0 Å². The van der Waals surface area contributed by atoms with Crippen LogP contribution < -0.4 is 10.5 Å². The molecule has 1 fully saturated rings. The van der Waals surface area contributed by atoms with Gasteiger partial charge in [-0.3, -0.25) is 0 Å². The molecule has 0 aromatic heterocycles. The van der Waals surface area contributed by atoms with Crippen molar-refractivity contribution in [1.82, 2.24) is 0 Å². The number of aryl methyl sites for hydroxylation is 1. The molecule has 0 heterocycles. The first-order chi connectivity index (χ1) is 7.70. The van der Waals surface area contributed by atoms with E-state index in [-0.39, 0.29) is 6.04 Å². The second kappa shape index (κ2) is 4.88. The predicted molar refractivity (Wildman–Crippen MR) is 66.6 cm³/mol. The number of hydrogen-bond donors (Lipinski definition) is 1. The zero-order valence-electron chi connectivity index (χ0n) is 10.2. The van der Waals surface area contributed by atoms with E-state index >= 15 is 0 Å². The molecule has 88 valence electrons. The molecule has 16 heavy (non-hydrogen) atoms. The van der Waals surface area contributed by atoms with E-state index in [9.17, 15) is 0 Å². The van der Waals surface area contributed by atoms with Crippen molar-refractivity contribution >= 4 is 0 Å². The Morgan fingerprint density at radius 2 is 2.19 bits per heavy atom. The molecule has 0 saturated heterocycles. The predicted octanol–water partition coefficient (Wildman–Crippen LogP) is 3.19. The van der Waals surface area contributed by atoms with Crippen LogP contribution in [0.15, 0.2) is 18.2 Å². The van der Waals surface area contributed by atoms with Crippen molar-refractivity contribution in [2.45, 2.75) is 38.6 Å². The average molecular weight is 219 g/mol. The molecule has 1 unspecified atom stereocenters. The highest BCUT2D eigenvalue weighted by Crippen LogP contribution is 2.34. The number of benzene rings is 1. The standard InChI is InChI=1S/C14H21NO/c1-10-8-12(16-2)6-7-13(10)14(15)9-11-4-3-5-11/h6-8,11,14H,3-5,9,15H2,1-2H3. The molecule has 0 aliphatic heterocycles. The normalized spacial score (nSPS) is 17.9. The first kappa shape index (κ1) is 11.5. The van der Waals surface area contributed by atoms with E-state index in [0.29, 0.717) is 0 Å². The van der Waals surface area contributed by atoms with Gasteiger partial charge in [-0.15, -0.1) is 0 Å². The third-order valence-corrected chi connectivity index (χ3v) is 3.69. The lowest BCUT2D eigenvalue weighted by Gasteiger charge is -2.28. The fraction of sp³-hybridized carbons (Fsp3) is 0.571. The summed E-state index contributed by atoms with van der Waals surface area (Å²) in [6.45, 7) is 2.11. The summed E-state index contributed by atoms with van der Waals surface area (Å²) in [6, 6.07) is 6.37. The smallest absolute Gasteiger partial charge is 0.119 e. The van der Waals surface area contributed by atoms with Crippen molar-refractivity contribution in [2.24, 2.45) is 11.7 Å². The van der Waals surface area contributed by atoms with Crippen molar-refractivity contribution in [2.75, 3.05) is 7.11 Å². The number of ether oxygens (including phenoxy) is 1. The Balaban J connectivity index is 2.06. The van der Waals surface area contributed by atoms with Crippen LogP contribution in [0.5, 0.6) is 5.75 Å². The molecule has 1 aromatic carbocycles. The number of rotatable bonds is 4. The molecule has 1 aliphatic rings. The van der Waals surface area contributed by atoms with Crippen LogP contribution in [0.4, 0.5) is 0 Å². The van der Waals surface area contributed by atoms with Gasteiger partial charge in [-0.25, -0.2) is 0 Å². The van der Waals surface area contributed by atoms with Crippen LogP contribution in [0.3, 0.4) is 0 Å². The van der Waals surface area contributed by atoms with E-state index in [0.717, 1.165) is 18.1 Å². The van der Waals surface area contributed by atoms with Gasteiger partial charge in [-0.1, -0.05) is 25.3 Å². The summed E-state index contributed by atoms with van der Waals surface area (Å²) in [6.07, 6.45) is 5.25. The Hall–Kier alpha value is -1.02. The van der Waals surface area contributed by atoms with Crippen LogP contribution in [0, 0.1) is 12.8 Å². The first-order valence-corrected chi connectivity index (χ1v) is 6.11. The minimum Gasteiger partial charge on any atom is -0.497 e. The molecular weight excluding hydrogens is 198 g/mol. The number of nitrogens with two attached hydrogens (primary N) is 1. The third-order valence-electron chi connectivity index (χ3n) is 3.69. The number of hydrogen-bond acceptors (Lipinski definition) is 2. The van der Waals surface area contributed by atoms with Crippen LogP contribution in [0.2, 0.25) is 0 Å². The lowest BCUT2D eigenvalue weighted by atomic mass is 9.79. The first-order valence-electron chi connectivity index (χ1n) is 6.11. The molecular formula is C14H21NO. The van der Waals surface area contributed by atoms with Crippen LogP contribution >= 0.6 is 0 Å². The Morgan fingerprint density at radius 1 is 1.44 bits per heavy atom. The summed E-state index contributed by atoms with van der Waals surface area (Å²) in [5.74, 6) is 1.77. The van der Waals surface area contributed by atoms with Crippen molar-refractivity contribution in [1.29, 1.82) is 0 Å². The maximum absolute atomic E-state index is 6.26. The monoisotopic (exact) mass is 219 g/mol. The van der Waals surface area contributed by atoms with Crippen molar-refractivity contribution in [3.05, 3.63) is 29.3 Å². The average Bonchev–Trinajstić information content (AvgIpc) is 2.23. The fourth-order valence-corrected chi connectivity index (χ4v) is 2.41. The summed E-state index contributed by atoms with van der Waals surface area (Å²) in [5, 5.41) is 0. The zero-order chi connectivity index (χ0) is 11.5. The van der Waals surface area contributed by atoms with Crippen LogP contribution in [0.1, 0.15) is 42.9 Å². The van der Waals surface area contributed by atoms with E-state index in [2.05, 4.69) is 19.1 Å². The second-order valence-electron chi connectivity index (χ2n) is 4.86. The van der Waals surface area contributed by atoms with E-state index < -0.39 is 0 Å². The SMILES string of the molecule is COc1ccc(C(N)CC2CCC2)c(C)c1. The lowest BCUT2D eigenvalue weighted by Crippen LogP contribution is -2.20. The number of methoxy groups -OCH3 is 1. The molecule has 0 bridgehead atoms. The fourth-order valence-electron chi connectivity index (χ4n) is 2.41. The summed E-state index contributed by atoms with van der Waals surface area (Å²) in [4.78, 5) is 0. The van der Waals surface area contributed by atoms with Gasteiger partial charge >= 0.3 is 0 Å². The minimum atomic E-state index is 0.191. The topological polar surface area (TPSA) is 35.2 Å². The van der Waals surface area contributed by atoms with Gasteiger partial charge in [0.1, 0.15) is 5.75 Å². The quantitative estimate of drug-likeness (QED) is 0.844. The molecule has 2 N–H and O–H groups in total. The Labute approximate surface area is 97.8 Å². The zero-order valence-corrected chi connectivity index (χ0v) is 10.2. The van der Waals surface area contributed by atoms with Gasteiger partial charge in [0, 0.05) is 6.04 Å². The summed E-state index contributed by atoms with van der Waals surface area (Å²) < 4.78 is 5.20. The molecule has 2 rings (SSSR count). The van der Waals surface area contributed by atoms with Gasteiger partial charge in [0.05, 0.1) is 7.11 Å². The maximum Gasteiger partial charge on any atom is 0.119 e. The highest BCUT2D eigenvalue weighted by molar-refractivity contribution is 5.36. The molecule has 2 nitrogen and oxygen atoms in total. The van der Waals surface area contributed by atoms with Gasteiger partial charge in [0.25, 0.3) is 0 Å². The Kier molecular flexibility index (Phi) is 3.49. The Bertz CT molecular complexity index is 358. The summed E-state index contributed by atoms with van der Waals surface area (Å²) in [7, 11) is 1.70. The van der Waals surface area contributed by atoms with Crippen molar-refractivity contribution in [3.8, 4) is 5.75 Å². The van der Waals surface area contributed by atoms with Crippen molar-refractivity contribution < 1.29 is 4.74 Å². The van der Waals surface area contributed by atoms with E-state index in [1.54, 1.807) is 7.11 Å². The third kappa shape index (κ3) is 2.38. The minimum absolute atomic E-state index is 0.191. The largest absolute Gasteiger partial charge is 0.497 e. The van der Waals surface area contributed by atoms with Crippen molar-refractivity contribution in [3.63, 3.8) is 0 Å². The van der Waals surface area contributed by atoms with Crippen LogP contribution in [-0.4, -0.2) is 7.11 Å². The van der Waals surface area contributed by atoms with Gasteiger partial charge in [0.2, 0.25) is 0 Å². The molecule has 2 heteroatoms. The van der Waals surface area contributed by atoms with Gasteiger partial charge in [-0.05, 0) is 42.5 Å². The molecule has 1 atom stereocenters. The lowest BCUT2D eigenvalue weighted by molar-refractivity contribution is 0.277. The molecule has 0 amide bonds. The summed E-state index contributed by atoms with van der Waals surface area (Å²) in [5.41, 5.74) is 8.77. The van der Waals surface area contributed by atoms with Gasteiger partial charge < -0.3 is 10.5 Å². The molecule has 1 saturated carbocycles. The summed E-state index contributed by atoms with van der Waals surface area (Å²) >= 11 is 0. The molecule has 0 spiro atoms. The highest BCUT2D eigenvalue weighted by atomic mass is 16.5. The van der Waals surface area contributed by atoms with Crippen LogP contribution in [0.25, 0.3) is 0 Å². The van der Waals surface area contributed by atoms with E-state index in [1.165, 1.54) is 30.4 Å². The maximum atomic E-state index is 6.26. The van der Waals surface area contributed by atoms with E-state index in [1.807, 2.05) is 6.07 Å². The van der Waals surface area contributed by atoms with Gasteiger partial charge in [0.15, 0.2) is 0 Å². The second-order valence-corrected chi connectivity index (χ2v) is 4.86. The Morgan fingerprint density at radius 3 is 2.69 bits per heavy atom. The molecule has 0 radical (unpaired) electrons. The molecule has 1 aromatic rings. The van der Waals surface area contributed by atoms with Gasteiger partial charge in [-0.2, -0.15) is 0 Å². The highest BCUT2D eigenvalue weighted by Gasteiger charge is 2.21.